The standard InChI is InChI=1S/C24H25FN2O3/c25-19-7-2-1-6-18(19)15-8-10-16(11-9-15)23-20-12-26(24(30)17-4-3-5-17)13-22(29)27(20)21(23)14-28/h1-2,6-11,17,20-21,23,28H,3-5,12-14H2/t20-,21+,23-/m0/s1. The quantitative estimate of drug-likeness (QED) is 0.846. The minimum atomic E-state index is -0.275. The van der Waals surface area contributed by atoms with E-state index < -0.39 is 0 Å². The van der Waals surface area contributed by atoms with Gasteiger partial charge in [-0.15, -0.1) is 0 Å². The van der Waals surface area contributed by atoms with Gasteiger partial charge in [-0.05, 0) is 30.0 Å². The topological polar surface area (TPSA) is 60.9 Å². The van der Waals surface area contributed by atoms with E-state index in [0.717, 1.165) is 30.4 Å². The molecular formula is C24H25FN2O3. The van der Waals surface area contributed by atoms with Gasteiger partial charge in [-0.2, -0.15) is 0 Å². The smallest absolute Gasteiger partial charge is 0.242 e. The molecule has 0 unspecified atom stereocenters. The summed E-state index contributed by atoms with van der Waals surface area (Å²) >= 11 is 0. The Morgan fingerprint density at radius 3 is 2.47 bits per heavy atom. The average molecular weight is 408 g/mol. The highest BCUT2D eigenvalue weighted by Crippen LogP contribution is 2.44. The number of aliphatic hydroxyl groups excluding tert-OH is 1. The summed E-state index contributed by atoms with van der Waals surface area (Å²) < 4.78 is 14.1. The fraction of sp³-hybridized carbons (Fsp3) is 0.417. The summed E-state index contributed by atoms with van der Waals surface area (Å²) in [5, 5.41) is 9.93. The molecule has 5 rings (SSSR count). The first-order valence-corrected chi connectivity index (χ1v) is 10.6. The SMILES string of the molecule is O=C(C1CCC1)N1CC(=O)N2[C@H](CO)[C@@H](c3ccc(-c4ccccc4F)cc3)[C@@H]2C1. The third-order valence-corrected chi connectivity index (χ3v) is 7.00. The maximum absolute atomic E-state index is 14.1. The van der Waals surface area contributed by atoms with Crippen molar-refractivity contribution in [1.29, 1.82) is 0 Å². The van der Waals surface area contributed by atoms with E-state index >= 15 is 0 Å². The van der Waals surface area contributed by atoms with Crippen LogP contribution in [0.1, 0.15) is 30.7 Å². The van der Waals surface area contributed by atoms with Gasteiger partial charge in [-0.1, -0.05) is 48.9 Å². The number of piperazine rings is 1. The number of aliphatic hydroxyl groups is 1. The van der Waals surface area contributed by atoms with Crippen LogP contribution in [0.15, 0.2) is 48.5 Å². The third-order valence-electron chi connectivity index (χ3n) is 7.00. The minimum absolute atomic E-state index is 0.0365. The second-order valence-corrected chi connectivity index (χ2v) is 8.59. The molecule has 2 heterocycles. The Kier molecular flexibility index (Phi) is 4.82. The fourth-order valence-electron chi connectivity index (χ4n) is 5.16. The maximum atomic E-state index is 14.1. The molecule has 0 radical (unpaired) electrons. The van der Waals surface area contributed by atoms with Crippen LogP contribution in [-0.2, 0) is 9.59 Å². The van der Waals surface area contributed by atoms with Gasteiger partial charge in [0, 0.05) is 23.9 Å². The van der Waals surface area contributed by atoms with E-state index in [9.17, 15) is 19.1 Å². The Labute approximate surface area is 175 Å². The fourth-order valence-corrected chi connectivity index (χ4v) is 5.16. The van der Waals surface area contributed by atoms with Crippen LogP contribution in [0.5, 0.6) is 0 Å². The zero-order valence-corrected chi connectivity index (χ0v) is 16.7. The molecule has 2 aromatic carbocycles. The summed E-state index contributed by atoms with van der Waals surface area (Å²) in [6.45, 7) is 0.511. The van der Waals surface area contributed by atoms with Crippen LogP contribution in [0, 0.1) is 11.7 Å². The van der Waals surface area contributed by atoms with Crippen LogP contribution in [-0.4, -0.2) is 58.5 Å². The molecule has 30 heavy (non-hydrogen) atoms. The molecule has 5 nitrogen and oxygen atoms in total. The Morgan fingerprint density at radius 2 is 1.83 bits per heavy atom. The van der Waals surface area contributed by atoms with Gasteiger partial charge in [0.1, 0.15) is 5.82 Å². The first-order valence-electron chi connectivity index (χ1n) is 10.6. The van der Waals surface area contributed by atoms with Crippen molar-refractivity contribution in [3.8, 4) is 11.1 Å². The summed E-state index contributed by atoms with van der Waals surface area (Å²) in [6.07, 6.45) is 2.91. The summed E-state index contributed by atoms with van der Waals surface area (Å²) in [6, 6.07) is 13.9. The summed E-state index contributed by atoms with van der Waals surface area (Å²) in [4.78, 5) is 28.9. The van der Waals surface area contributed by atoms with Gasteiger partial charge in [-0.3, -0.25) is 9.59 Å². The molecule has 0 spiro atoms. The van der Waals surface area contributed by atoms with E-state index in [4.69, 9.17) is 0 Å². The molecule has 2 aliphatic heterocycles. The molecule has 1 N–H and O–H groups in total. The van der Waals surface area contributed by atoms with Crippen molar-refractivity contribution in [1.82, 2.24) is 9.80 Å². The molecule has 156 valence electrons. The number of nitrogens with zero attached hydrogens (tertiary/aromatic N) is 2. The molecule has 0 bridgehead atoms. The number of hydrogen-bond acceptors (Lipinski definition) is 3. The van der Waals surface area contributed by atoms with Crippen molar-refractivity contribution in [2.24, 2.45) is 5.92 Å². The zero-order chi connectivity index (χ0) is 20.8. The van der Waals surface area contributed by atoms with Crippen LogP contribution in [0.25, 0.3) is 11.1 Å². The number of hydrogen-bond donors (Lipinski definition) is 1. The highest BCUT2D eigenvalue weighted by atomic mass is 19.1. The molecule has 1 saturated carbocycles. The van der Waals surface area contributed by atoms with Crippen molar-refractivity contribution in [3.63, 3.8) is 0 Å². The van der Waals surface area contributed by atoms with Crippen LogP contribution in [0.3, 0.4) is 0 Å². The highest BCUT2D eigenvalue weighted by molar-refractivity contribution is 5.89. The molecule has 2 aromatic rings. The zero-order valence-electron chi connectivity index (χ0n) is 16.7. The molecule has 6 heteroatoms. The first kappa shape index (κ1) is 19.2. The molecule has 3 fully saturated rings. The largest absolute Gasteiger partial charge is 0.394 e. The average Bonchev–Trinajstić information content (AvgIpc) is 2.69. The number of carbonyl (C=O) groups is 2. The molecule has 2 amide bonds. The van der Waals surface area contributed by atoms with E-state index in [0.29, 0.717) is 12.1 Å². The summed E-state index contributed by atoms with van der Waals surface area (Å²) in [5.41, 5.74) is 2.33. The molecule has 3 atom stereocenters. The van der Waals surface area contributed by atoms with E-state index in [1.54, 1.807) is 28.0 Å². The van der Waals surface area contributed by atoms with Crippen molar-refractivity contribution in [2.45, 2.75) is 37.3 Å². The summed E-state index contributed by atoms with van der Waals surface area (Å²) in [5.74, 6) is -0.231. The Bertz CT molecular complexity index is 973. The molecule has 0 aromatic heterocycles. The normalized spacial score (nSPS) is 26.1. The summed E-state index contributed by atoms with van der Waals surface area (Å²) in [7, 11) is 0. The third kappa shape index (κ3) is 3.01. The number of halogens is 1. The van der Waals surface area contributed by atoms with E-state index in [-0.39, 0.29) is 54.7 Å². The Morgan fingerprint density at radius 1 is 1.10 bits per heavy atom. The van der Waals surface area contributed by atoms with Crippen LogP contribution < -0.4 is 0 Å². The van der Waals surface area contributed by atoms with E-state index in [1.165, 1.54) is 6.07 Å². The van der Waals surface area contributed by atoms with Crippen molar-refractivity contribution in [3.05, 3.63) is 59.9 Å². The number of rotatable bonds is 4. The second-order valence-electron chi connectivity index (χ2n) is 8.59. The van der Waals surface area contributed by atoms with E-state index in [1.807, 2.05) is 24.3 Å². The Hall–Kier alpha value is -2.73. The minimum Gasteiger partial charge on any atom is -0.394 e. The van der Waals surface area contributed by atoms with Crippen LogP contribution in [0.2, 0.25) is 0 Å². The lowest BCUT2D eigenvalue weighted by Gasteiger charge is -2.59. The van der Waals surface area contributed by atoms with Gasteiger partial charge >= 0.3 is 0 Å². The van der Waals surface area contributed by atoms with Gasteiger partial charge < -0.3 is 14.9 Å². The highest BCUT2D eigenvalue weighted by Gasteiger charge is 2.54. The van der Waals surface area contributed by atoms with Gasteiger partial charge in [-0.25, -0.2) is 4.39 Å². The van der Waals surface area contributed by atoms with E-state index in [2.05, 4.69) is 0 Å². The molecule has 3 aliphatic rings. The van der Waals surface area contributed by atoms with Crippen molar-refractivity contribution in [2.75, 3.05) is 19.7 Å². The molecular weight excluding hydrogens is 383 g/mol. The lowest BCUT2D eigenvalue weighted by molar-refractivity contribution is -0.169. The molecule has 2 saturated heterocycles. The Balaban J connectivity index is 1.38. The van der Waals surface area contributed by atoms with Crippen LogP contribution in [0.4, 0.5) is 4.39 Å². The number of benzene rings is 2. The number of amides is 2. The maximum Gasteiger partial charge on any atom is 0.242 e. The predicted molar refractivity (Wildman–Crippen MR) is 110 cm³/mol. The van der Waals surface area contributed by atoms with Gasteiger partial charge in [0.2, 0.25) is 11.8 Å². The van der Waals surface area contributed by atoms with Gasteiger partial charge in [0.05, 0.1) is 25.2 Å². The number of carbonyl (C=O) groups excluding carboxylic acids is 2. The molecule has 1 aliphatic carbocycles. The van der Waals surface area contributed by atoms with Crippen molar-refractivity contribution < 1.29 is 19.1 Å². The first-order chi connectivity index (χ1) is 14.6. The lowest BCUT2D eigenvalue weighted by atomic mass is 9.73. The second kappa shape index (κ2) is 7.51. The lowest BCUT2D eigenvalue weighted by Crippen LogP contribution is -2.73. The monoisotopic (exact) mass is 408 g/mol. The number of fused-ring (bicyclic) bond motifs is 1. The van der Waals surface area contributed by atoms with Gasteiger partial charge in [0.15, 0.2) is 0 Å². The van der Waals surface area contributed by atoms with Gasteiger partial charge in [0.25, 0.3) is 0 Å². The predicted octanol–water partition coefficient (Wildman–Crippen LogP) is 2.79. The van der Waals surface area contributed by atoms with Crippen molar-refractivity contribution >= 4 is 11.8 Å². The van der Waals surface area contributed by atoms with Crippen LogP contribution >= 0.6 is 0 Å².